The predicted molar refractivity (Wildman–Crippen MR) is 266 cm³/mol. The lowest BCUT2D eigenvalue weighted by atomic mass is 9.45. The predicted octanol–water partition coefficient (Wildman–Crippen LogP) is 5.24. The fourth-order valence-electron chi connectivity index (χ4n) is 11.5. The van der Waals surface area contributed by atoms with Gasteiger partial charge in [0.2, 0.25) is 23.5 Å². The number of carboxylic acids is 1. The first-order valence-electron chi connectivity index (χ1n) is 24.0. The Balaban J connectivity index is 0.934. The van der Waals surface area contributed by atoms with Crippen molar-refractivity contribution in [1.82, 2.24) is 20.9 Å². The third-order valence-corrected chi connectivity index (χ3v) is 18.3. The first kappa shape index (κ1) is 54.2. The number of thioether (sulfide) groups is 2. The van der Waals surface area contributed by atoms with Gasteiger partial charge in [0.1, 0.15) is 19.4 Å². The number of ether oxygens (including phenoxy) is 2. The van der Waals surface area contributed by atoms with Gasteiger partial charge in [-0.2, -0.15) is 0 Å². The number of fused-ring (bicyclic) bond motifs is 5. The summed E-state index contributed by atoms with van der Waals surface area (Å²) in [6.45, 7) is 5.16. The number of carbonyl (C=O) groups is 9. The van der Waals surface area contributed by atoms with E-state index >= 15 is 0 Å². The Bertz CT molecular complexity index is 2550. The molecule has 20 heteroatoms. The largest absolute Gasteiger partial charge is 0.481 e. The lowest BCUT2D eigenvalue weighted by molar-refractivity contribution is -0.203. The van der Waals surface area contributed by atoms with Crippen molar-refractivity contribution < 1.29 is 62.8 Å². The average molecular weight is 1050 g/mol. The maximum absolute atomic E-state index is 14.6. The second-order valence-electron chi connectivity index (χ2n) is 19.3. The second kappa shape index (κ2) is 22.3. The van der Waals surface area contributed by atoms with Crippen molar-refractivity contribution in [2.45, 2.75) is 111 Å². The number of esters is 1. The van der Waals surface area contributed by atoms with Crippen LogP contribution in [0.4, 0.5) is 0 Å². The number of rotatable bonds is 21. The van der Waals surface area contributed by atoms with E-state index in [0.717, 1.165) is 43.8 Å². The first-order chi connectivity index (χ1) is 34.2. The van der Waals surface area contributed by atoms with Crippen LogP contribution in [0, 0.1) is 28.6 Å². The minimum atomic E-state index is -1.72. The molecule has 0 saturated heterocycles. The Hall–Kier alpha value is -5.60. The monoisotopic (exact) mass is 1050 g/mol. The summed E-state index contributed by atoms with van der Waals surface area (Å²) in [5.74, 6) is -7.26. The van der Waals surface area contributed by atoms with Gasteiger partial charge in [-0.05, 0) is 80.4 Å². The first-order valence-corrected chi connectivity index (χ1v) is 26.0. The number of allylic oxidation sites excluding steroid dienone is 4. The van der Waals surface area contributed by atoms with Crippen molar-refractivity contribution in [3.8, 4) is 0 Å². The van der Waals surface area contributed by atoms with Gasteiger partial charge in [-0.1, -0.05) is 99.3 Å². The number of amides is 5. The summed E-state index contributed by atoms with van der Waals surface area (Å²) in [6, 6.07) is 16.6. The lowest BCUT2D eigenvalue weighted by Gasteiger charge is -2.64. The van der Waals surface area contributed by atoms with Crippen LogP contribution in [-0.2, 0) is 52.6 Å². The molecule has 0 spiro atoms. The highest BCUT2D eigenvalue weighted by Crippen LogP contribution is 2.72. The fraction of sp³-hybridized carbons (Fsp3) is 0.481. The van der Waals surface area contributed by atoms with Gasteiger partial charge < -0.3 is 35.6 Å². The summed E-state index contributed by atoms with van der Waals surface area (Å²) in [7, 11) is 0. The Kier molecular flexibility index (Phi) is 16.7. The number of imide groups is 1. The highest BCUT2D eigenvalue weighted by Gasteiger charge is 2.76. The number of nitrogens with one attached hydrogen (secondary N) is 3. The molecule has 7 rings (SSSR count). The van der Waals surface area contributed by atoms with Crippen LogP contribution >= 0.6 is 35.1 Å². The zero-order valence-corrected chi connectivity index (χ0v) is 42.8. The summed E-state index contributed by atoms with van der Waals surface area (Å²) >= 11 is 9.86. The number of carboxylic acid groups (broad SMARTS) is 1. The molecule has 17 nitrogen and oxygen atoms in total. The SMILES string of the molecule is CCC(=O)O[C@]1(C(=O)COCNC(=O)CNC(=O)[C@H](CCC(=O)O)NC(=O)CCN2C(=O)C(Sc3ccccc3)=C(Sc3ccccc3)C2=O)[C@@H](C)CC2[C@@H]3CCC4=CC(=O)C=C[C@]4(C)[C@@]3(Cl)[C@@H](O)C[C@@]21C. The summed E-state index contributed by atoms with van der Waals surface area (Å²) in [4.78, 5) is 120. The summed E-state index contributed by atoms with van der Waals surface area (Å²) in [5, 5.41) is 28.8. The van der Waals surface area contributed by atoms with E-state index in [1.54, 1.807) is 67.6 Å². The van der Waals surface area contributed by atoms with E-state index in [0.29, 0.717) is 19.3 Å². The molecule has 5 amide bonds. The summed E-state index contributed by atoms with van der Waals surface area (Å²) in [5.41, 5.74) is -2.80. The molecule has 0 bridgehead atoms. The second-order valence-corrected chi connectivity index (χ2v) is 22.0. The zero-order chi connectivity index (χ0) is 52.2. The molecule has 384 valence electrons. The lowest BCUT2D eigenvalue weighted by Crippen LogP contribution is -2.69. The molecule has 3 saturated carbocycles. The molecule has 0 aromatic heterocycles. The van der Waals surface area contributed by atoms with Crippen LogP contribution in [0.15, 0.2) is 104 Å². The fourth-order valence-corrected chi connectivity index (χ4v) is 14.1. The molecule has 4 aliphatic carbocycles. The number of ketones is 2. The van der Waals surface area contributed by atoms with Gasteiger partial charge in [-0.25, -0.2) is 0 Å². The number of halogens is 1. The number of Topliss-reactive ketones (excluding diaryl/α,β-unsaturated/α-hetero) is 1. The molecule has 9 atom stereocenters. The zero-order valence-electron chi connectivity index (χ0n) is 40.4. The quantitative estimate of drug-likeness (QED) is 0.0352. The minimum absolute atomic E-state index is 0.0134. The van der Waals surface area contributed by atoms with Crippen molar-refractivity contribution in [3.63, 3.8) is 0 Å². The minimum Gasteiger partial charge on any atom is -0.481 e. The van der Waals surface area contributed by atoms with Crippen LogP contribution in [0.1, 0.15) is 79.1 Å². The van der Waals surface area contributed by atoms with E-state index in [4.69, 9.17) is 21.1 Å². The molecule has 5 N–H and O–H groups in total. The van der Waals surface area contributed by atoms with Gasteiger partial charge in [0.15, 0.2) is 11.4 Å². The third-order valence-electron chi connectivity index (χ3n) is 15.1. The topological polar surface area (TPSA) is 252 Å². The van der Waals surface area contributed by atoms with Gasteiger partial charge in [-0.15, -0.1) is 11.6 Å². The molecule has 1 aliphatic heterocycles. The Morgan fingerprint density at radius 2 is 1.51 bits per heavy atom. The molecule has 0 radical (unpaired) electrons. The Morgan fingerprint density at radius 1 is 0.889 bits per heavy atom. The molecule has 2 aromatic rings. The van der Waals surface area contributed by atoms with Crippen LogP contribution in [0.5, 0.6) is 0 Å². The van der Waals surface area contributed by atoms with E-state index < -0.39 is 119 Å². The highest BCUT2D eigenvalue weighted by atomic mass is 35.5. The highest BCUT2D eigenvalue weighted by molar-refractivity contribution is 8.08. The molecular weight excluding hydrogens is 988 g/mol. The normalized spacial score (nSPS) is 28.8. The van der Waals surface area contributed by atoms with Crippen molar-refractivity contribution in [3.05, 3.63) is 94.3 Å². The van der Waals surface area contributed by atoms with Crippen LogP contribution in [0.3, 0.4) is 0 Å². The molecule has 72 heavy (non-hydrogen) atoms. The maximum atomic E-state index is 14.6. The standard InChI is InChI=1S/C52H59ClN4O13S2/c1-5-43(65)70-52(30(2)24-36-35-17-16-31-25-32(58)20-22-49(31,3)51(35,53)38(59)26-50(36,52)4)39(60)28-69-29-55-41(62)27-54-46(66)37(18-19-42(63)64)56-40(61)21-23-57-47(67)44(71-33-12-8-6-9-13-33)45(48(57)68)72-34-14-10-7-11-15-34/h6-15,20,22,25,30,35-38,59H,5,16-19,21,23-24,26-29H2,1-4H3,(H,54,66)(H,55,62)(H,56,61)(H,63,64)/t30-,35-,36?,37-,38-,49-,50-,51-,52-/m0/s1. The van der Waals surface area contributed by atoms with Crippen LogP contribution in [0.2, 0.25) is 0 Å². The van der Waals surface area contributed by atoms with Gasteiger partial charge >= 0.3 is 11.9 Å². The third kappa shape index (κ3) is 10.4. The van der Waals surface area contributed by atoms with E-state index in [1.807, 2.05) is 32.9 Å². The smallest absolute Gasteiger partial charge is 0.306 e. The van der Waals surface area contributed by atoms with Gasteiger partial charge in [0.05, 0.1) is 27.3 Å². The number of hydrogen-bond acceptors (Lipinski definition) is 14. The van der Waals surface area contributed by atoms with Crippen LogP contribution < -0.4 is 16.0 Å². The van der Waals surface area contributed by atoms with Crippen molar-refractivity contribution >= 4 is 88.2 Å². The number of alkyl halides is 1. The molecule has 1 heterocycles. The van der Waals surface area contributed by atoms with Crippen LogP contribution in [-0.4, -0.2) is 117 Å². The summed E-state index contributed by atoms with van der Waals surface area (Å²) in [6.07, 6.45) is 3.95. The molecule has 1 unspecified atom stereocenters. The van der Waals surface area contributed by atoms with Gasteiger partial charge in [-0.3, -0.25) is 48.1 Å². The van der Waals surface area contributed by atoms with E-state index in [9.17, 15) is 53.4 Å². The van der Waals surface area contributed by atoms with Crippen molar-refractivity contribution in [2.24, 2.45) is 28.6 Å². The molecule has 5 aliphatic rings. The number of benzene rings is 2. The number of carbonyl (C=O) groups excluding carboxylic acids is 8. The van der Waals surface area contributed by atoms with Crippen molar-refractivity contribution in [2.75, 3.05) is 26.4 Å². The van der Waals surface area contributed by atoms with E-state index in [1.165, 1.54) is 6.08 Å². The average Bonchev–Trinajstić information content (AvgIpc) is 3.70. The van der Waals surface area contributed by atoms with Gasteiger partial charge in [0, 0.05) is 52.3 Å². The van der Waals surface area contributed by atoms with Gasteiger partial charge in [0.25, 0.3) is 11.8 Å². The number of hydrogen-bond donors (Lipinski definition) is 5. The molecular formula is C52H59ClN4O13S2. The maximum Gasteiger partial charge on any atom is 0.306 e. The molecule has 3 fully saturated rings. The van der Waals surface area contributed by atoms with Crippen LogP contribution in [0.25, 0.3) is 0 Å². The number of nitrogens with zero attached hydrogens (tertiary/aromatic N) is 1. The Morgan fingerprint density at radius 3 is 2.11 bits per heavy atom. The number of aliphatic hydroxyl groups is 1. The van der Waals surface area contributed by atoms with Crippen molar-refractivity contribution in [1.29, 1.82) is 0 Å². The Labute approximate surface area is 430 Å². The molecule has 2 aromatic carbocycles. The van der Waals surface area contributed by atoms with E-state index in [-0.39, 0.29) is 53.2 Å². The number of aliphatic hydroxyl groups excluding tert-OH is 1. The summed E-state index contributed by atoms with van der Waals surface area (Å²) < 4.78 is 11.9. The number of aliphatic carboxylic acids is 1. The van der Waals surface area contributed by atoms with E-state index in [2.05, 4.69) is 16.0 Å².